The van der Waals surface area contributed by atoms with Crippen molar-refractivity contribution in [3.8, 4) is 0 Å². The van der Waals surface area contributed by atoms with Gasteiger partial charge in [0, 0.05) is 57.3 Å². The van der Waals surface area contributed by atoms with E-state index < -0.39 is 10.0 Å². The normalized spacial score (nSPS) is 24.1. The summed E-state index contributed by atoms with van der Waals surface area (Å²) in [6.45, 7) is 7.73. The third kappa shape index (κ3) is 5.82. The highest BCUT2D eigenvalue weighted by Gasteiger charge is 2.41. The van der Waals surface area contributed by atoms with Crippen molar-refractivity contribution >= 4 is 32.7 Å². The lowest BCUT2D eigenvalue weighted by Gasteiger charge is -2.39. The second-order valence-corrected chi connectivity index (χ2v) is 13.8. The van der Waals surface area contributed by atoms with Gasteiger partial charge in [-0.2, -0.15) is 4.31 Å². The molecule has 0 radical (unpaired) electrons. The molecule has 2 amide bonds. The van der Waals surface area contributed by atoms with E-state index in [-0.39, 0.29) is 40.8 Å². The number of hydrogen-bond donors (Lipinski definition) is 1. The molecule has 11 heteroatoms. The number of nitrogens with zero attached hydrogens (tertiary/aromatic N) is 4. The van der Waals surface area contributed by atoms with E-state index in [9.17, 15) is 22.8 Å². The summed E-state index contributed by atoms with van der Waals surface area (Å²) in [5.41, 5.74) is 0.734. The molecule has 3 fully saturated rings. The molecule has 5 rings (SSSR count). The lowest BCUT2D eigenvalue weighted by molar-refractivity contribution is -0.129. The van der Waals surface area contributed by atoms with Gasteiger partial charge in [0.05, 0.1) is 11.3 Å². The molecule has 4 heterocycles. The van der Waals surface area contributed by atoms with E-state index in [1.807, 2.05) is 38.1 Å². The molecule has 1 N–H and O–H groups in total. The van der Waals surface area contributed by atoms with Crippen molar-refractivity contribution in [2.45, 2.75) is 77.0 Å². The number of para-hydroxylation sites is 1. The summed E-state index contributed by atoms with van der Waals surface area (Å²) >= 11 is 0. The first-order valence-electron chi connectivity index (χ1n) is 14.5. The van der Waals surface area contributed by atoms with Gasteiger partial charge in [0.1, 0.15) is 5.56 Å². The standard InChI is InChI=1S/C29H41N5O5S/c1-20(2)34-27-8-5-4-7-22(27)17-26(29(34)37)28(36)30-23-18-24-9-10-25(19-23)33(24)11-6-16-40(38,39)32-14-12-31(13-15-32)21(3)35/h4-5,7-8,17,20,23-25H,6,9-16,18-19H2,1-3H3,(H,30,36)/t23-,24-,25+. The third-order valence-electron chi connectivity index (χ3n) is 8.82. The zero-order valence-electron chi connectivity index (χ0n) is 23.7. The summed E-state index contributed by atoms with van der Waals surface area (Å²) < 4.78 is 29.0. The van der Waals surface area contributed by atoms with Gasteiger partial charge in [-0.3, -0.25) is 19.3 Å². The topological polar surface area (TPSA) is 112 Å². The smallest absolute Gasteiger partial charge is 0.264 e. The van der Waals surface area contributed by atoms with Crippen LogP contribution in [-0.2, 0) is 14.8 Å². The molecule has 2 bridgehead atoms. The van der Waals surface area contributed by atoms with Crippen LogP contribution in [0.4, 0.5) is 0 Å². The molecule has 1 aromatic heterocycles. The number of carbonyl (C=O) groups is 2. The lowest BCUT2D eigenvalue weighted by Crippen LogP contribution is -2.52. The fourth-order valence-corrected chi connectivity index (χ4v) is 8.29. The van der Waals surface area contributed by atoms with E-state index >= 15 is 0 Å². The Balaban J connectivity index is 1.17. The second kappa shape index (κ2) is 11.6. The number of piperidine rings is 1. The molecular weight excluding hydrogens is 530 g/mol. The fraction of sp³-hybridized carbons (Fsp3) is 0.621. The largest absolute Gasteiger partial charge is 0.349 e. The molecule has 10 nitrogen and oxygen atoms in total. The van der Waals surface area contributed by atoms with Crippen molar-refractivity contribution in [3.63, 3.8) is 0 Å². The highest BCUT2D eigenvalue weighted by molar-refractivity contribution is 7.89. The van der Waals surface area contributed by atoms with Crippen LogP contribution in [-0.4, -0.2) is 95.5 Å². The summed E-state index contributed by atoms with van der Waals surface area (Å²) in [5.74, 6) is -0.233. The molecule has 3 aliphatic rings. The molecule has 0 saturated carbocycles. The first-order chi connectivity index (χ1) is 19.0. The summed E-state index contributed by atoms with van der Waals surface area (Å²) in [7, 11) is -3.35. The van der Waals surface area contributed by atoms with Crippen molar-refractivity contribution in [1.82, 2.24) is 24.0 Å². The number of benzene rings is 1. The van der Waals surface area contributed by atoms with Crippen molar-refractivity contribution in [1.29, 1.82) is 0 Å². The average Bonchev–Trinajstić information content (AvgIpc) is 3.15. The van der Waals surface area contributed by atoms with Gasteiger partial charge in [-0.05, 0) is 70.0 Å². The second-order valence-electron chi connectivity index (χ2n) is 11.7. The van der Waals surface area contributed by atoms with E-state index in [0.717, 1.165) is 36.6 Å². The molecule has 3 saturated heterocycles. The van der Waals surface area contributed by atoms with Crippen LogP contribution in [0, 0.1) is 0 Å². The van der Waals surface area contributed by atoms with Crippen LogP contribution in [0.15, 0.2) is 35.1 Å². The van der Waals surface area contributed by atoms with Gasteiger partial charge in [0.15, 0.2) is 0 Å². The molecule has 3 atom stereocenters. The zero-order valence-corrected chi connectivity index (χ0v) is 24.5. The highest BCUT2D eigenvalue weighted by atomic mass is 32.2. The van der Waals surface area contributed by atoms with Crippen LogP contribution in [0.2, 0.25) is 0 Å². The zero-order chi connectivity index (χ0) is 28.6. The maximum Gasteiger partial charge on any atom is 0.264 e. The Morgan fingerprint density at radius 2 is 1.68 bits per heavy atom. The van der Waals surface area contributed by atoms with Crippen LogP contribution in [0.5, 0.6) is 0 Å². The predicted molar refractivity (Wildman–Crippen MR) is 155 cm³/mol. The fourth-order valence-electron chi connectivity index (χ4n) is 6.82. The van der Waals surface area contributed by atoms with Gasteiger partial charge in [-0.25, -0.2) is 8.42 Å². The SMILES string of the molecule is CC(=O)N1CCN(S(=O)(=O)CCCN2[C@@H]3CC[C@H]2C[C@H](NC(=O)c2cc4ccccc4n(C(C)C)c2=O)C3)CC1. The minimum Gasteiger partial charge on any atom is -0.349 e. The van der Waals surface area contributed by atoms with Crippen LogP contribution in [0.3, 0.4) is 0 Å². The number of hydrogen-bond acceptors (Lipinski definition) is 6. The van der Waals surface area contributed by atoms with Gasteiger partial charge in [-0.15, -0.1) is 0 Å². The van der Waals surface area contributed by atoms with Gasteiger partial charge in [0.2, 0.25) is 15.9 Å². The number of carbonyl (C=O) groups excluding carboxylic acids is 2. The van der Waals surface area contributed by atoms with Gasteiger partial charge in [-0.1, -0.05) is 18.2 Å². The average molecular weight is 572 g/mol. The van der Waals surface area contributed by atoms with E-state index in [1.165, 1.54) is 11.2 Å². The Bertz CT molecular complexity index is 1420. The Morgan fingerprint density at radius 1 is 1.02 bits per heavy atom. The summed E-state index contributed by atoms with van der Waals surface area (Å²) in [6, 6.07) is 9.86. The summed E-state index contributed by atoms with van der Waals surface area (Å²) in [4.78, 5) is 42.3. The maximum atomic E-state index is 13.3. The minimum absolute atomic E-state index is 0.0130. The lowest BCUT2D eigenvalue weighted by atomic mass is 9.96. The Hall–Kier alpha value is -2.76. The summed E-state index contributed by atoms with van der Waals surface area (Å²) in [5, 5.41) is 4.02. The molecule has 40 heavy (non-hydrogen) atoms. The van der Waals surface area contributed by atoms with Crippen molar-refractivity contribution in [3.05, 3.63) is 46.2 Å². The number of nitrogens with one attached hydrogen (secondary N) is 1. The van der Waals surface area contributed by atoms with E-state index in [1.54, 1.807) is 15.5 Å². The molecule has 0 spiro atoms. The Kier molecular flexibility index (Phi) is 8.35. The molecule has 218 valence electrons. The van der Waals surface area contributed by atoms with Gasteiger partial charge >= 0.3 is 0 Å². The third-order valence-corrected chi connectivity index (χ3v) is 10.8. The van der Waals surface area contributed by atoms with E-state index in [4.69, 9.17) is 0 Å². The van der Waals surface area contributed by atoms with Gasteiger partial charge < -0.3 is 14.8 Å². The number of amides is 2. The quantitative estimate of drug-likeness (QED) is 0.520. The number of sulfonamides is 1. The van der Waals surface area contributed by atoms with Gasteiger partial charge in [0.25, 0.3) is 11.5 Å². The molecule has 0 unspecified atom stereocenters. The Morgan fingerprint density at radius 3 is 2.30 bits per heavy atom. The molecule has 3 aliphatic heterocycles. The maximum absolute atomic E-state index is 13.3. The van der Waals surface area contributed by atoms with E-state index in [0.29, 0.717) is 51.2 Å². The van der Waals surface area contributed by atoms with Crippen molar-refractivity contribution in [2.75, 3.05) is 38.5 Å². The molecular formula is C29H41N5O5S. The van der Waals surface area contributed by atoms with Crippen LogP contribution in [0.1, 0.15) is 69.3 Å². The number of piperazine rings is 1. The molecule has 2 aromatic rings. The number of aromatic nitrogens is 1. The predicted octanol–water partition coefficient (Wildman–Crippen LogP) is 2.19. The minimum atomic E-state index is -3.35. The van der Waals surface area contributed by atoms with Crippen LogP contribution < -0.4 is 10.9 Å². The van der Waals surface area contributed by atoms with E-state index in [2.05, 4.69) is 10.2 Å². The van der Waals surface area contributed by atoms with Crippen molar-refractivity contribution in [2.24, 2.45) is 0 Å². The summed E-state index contributed by atoms with van der Waals surface area (Å²) in [6.07, 6.45) is 4.23. The van der Waals surface area contributed by atoms with Crippen LogP contribution >= 0.6 is 0 Å². The Labute approximate surface area is 236 Å². The number of pyridine rings is 1. The number of rotatable bonds is 8. The highest BCUT2D eigenvalue weighted by Crippen LogP contribution is 2.36. The number of fused-ring (bicyclic) bond motifs is 3. The van der Waals surface area contributed by atoms with Crippen molar-refractivity contribution < 1.29 is 18.0 Å². The van der Waals surface area contributed by atoms with Crippen LogP contribution in [0.25, 0.3) is 10.9 Å². The monoisotopic (exact) mass is 571 g/mol. The molecule has 0 aliphatic carbocycles. The first kappa shape index (κ1) is 28.8. The first-order valence-corrected chi connectivity index (χ1v) is 16.1. The molecule has 1 aromatic carbocycles.